The Kier molecular flexibility index (Phi) is 4.81. The molecular formula is C13H16FN3O2. The van der Waals surface area contributed by atoms with Crippen LogP contribution in [0.5, 0.6) is 0 Å². The van der Waals surface area contributed by atoms with Crippen LogP contribution in [0.25, 0.3) is 0 Å². The van der Waals surface area contributed by atoms with E-state index in [1.807, 2.05) is 13.8 Å². The van der Waals surface area contributed by atoms with E-state index in [9.17, 15) is 14.5 Å². The SMILES string of the molecule is CC(C)(CCC#N)CNc1c(F)cccc1[N+](=O)[O-]. The van der Waals surface area contributed by atoms with Crippen LogP contribution in [0.3, 0.4) is 0 Å². The Morgan fingerprint density at radius 3 is 2.79 bits per heavy atom. The molecule has 6 heteroatoms. The van der Waals surface area contributed by atoms with Crippen molar-refractivity contribution in [1.82, 2.24) is 0 Å². The number of hydrogen-bond acceptors (Lipinski definition) is 4. The van der Waals surface area contributed by atoms with E-state index >= 15 is 0 Å². The summed E-state index contributed by atoms with van der Waals surface area (Å²) in [5.74, 6) is -0.648. The molecule has 1 rings (SSSR count). The van der Waals surface area contributed by atoms with Crippen molar-refractivity contribution >= 4 is 11.4 Å². The molecule has 0 radical (unpaired) electrons. The van der Waals surface area contributed by atoms with Gasteiger partial charge in [-0.3, -0.25) is 10.1 Å². The average Bonchev–Trinajstić information content (AvgIpc) is 2.34. The Balaban J connectivity index is 2.83. The van der Waals surface area contributed by atoms with Crippen LogP contribution in [0.4, 0.5) is 15.8 Å². The first kappa shape index (κ1) is 14.9. The number of anilines is 1. The Morgan fingerprint density at radius 1 is 1.53 bits per heavy atom. The zero-order valence-corrected chi connectivity index (χ0v) is 10.9. The number of nitro groups is 1. The van der Waals surface area contributed by atoms with Gasteiger partial charge in [0.1, 0.15) is 5.69 Å². The van der Waals surface area contributed by atoms with Crippen LogP contribution in [-0.4, -0.2) is 11.5 Å². The number of para-hydroxylation sites is 1. The molecule has 0 fully saturated rings. The zero-order chi connectivity index (χ0) is 14.5. The summed E-state index contributed by atoms with van der Waals surface area (Å²) in [5.41, 5.74) is -0.625. The Hall–Kier alpha value is -2.16. The van der Waals surface area contributed by atoms with Gasteiger partial charge in [-0.15, -0.1) is 0 Å². The fourth-order valence-electron chi connectivity index (χ4n) is 1.65. The molecule has 0 unspecified atom stereocenters. The first-order valence-electron chi connectivity index (χ1n) is 5.91. The molecule has 0 atom stereocenters. The minimum Gasteiger partial charge on any atom is -0.377 e. The van der Waals surface area contributed by atoms with Crippen molar-refractivity contribution < 1.29 is 9.31 Å². The van der Waals surface area contributed by atoms with Gasteiger partial charge in [0.05, 0.1) is 11.0 Å². The normalized spacial score (nSPS) is 10.8. The molecule has 5 nitrogen and oxygen atoms in total. The average molecular weight is 265 g/mol. The summed E-state index contributed by atoms with van der Waals surface area (Å²) in [7, 11) is 0. The van der Waals surface area contributed by atoms with Crippen molar-refractivity contribution in [2.75, 3.05) is 11.9 Å². The summed E-state index contributed by atoms with van der Waals surface area (Å²) < 4.78 is 13.6. The number of rotatable bonds is 6. The zero-order valence-electron chi connectivity index (χ0n) is 10.9. The monoisotopic (exact) mass is 265 g/mol. The molecule has 0 aliphatic carbocycles. The standard InChI is InChI=1S/C13H16FN3O2/c1-13(2,7-4-8-15)9-16-12-10(14)5-3-6-11(12)17(18)19/h3,5-6,16H,4,7,9H2,1-2H3. The number of benzene rings is 1. The molecule has 19 heavy (non-hydrogen) atoms. The van der Waals surface area contributed by atoms with E-state index in [1.165, 1.54) is 18.2 Å². The maximum atomic E-state index is 13.6. The predicted octanol–water partition coefficient (Wildman–Crippen LogP) is 3.48. The molecular weight excluding hydrogens is 249 g/mol. The second-order valence-corrected chi connectivity index (χ2v) is 5.07. The van der Waals surface area contributed by atoms with Gasteiger partial charge in [0.15, 0.2) is 5.82 Å². The Morgan fingerprint density at radius 2 is 2.21 bits per heavy atom. The number of nitrogens with one attached hydrogen (secondary N) is 1. The molecule has 1 aromatic rings. The van der Waals surface area contributed by atoms with E-state index in [2.05, 4.69) is 11.4 Å². The van der Waals surface area contributed by atoms with Gasteiger partial charge < -0.3 is 5.32 Å². The van der Waals surface area contributed by atoms with E-state index in [1.54, 1.807) is 0 Å². The van der Waals surface area contributed by atoms with Gasteiger partial charge >= 0.3 is 0 Å². The van der Waals surface area contributed by atoms with Gasteiger partial charge in [0.25, 0.3) is 5.69 Å². The third kappa shape index (κ3) is 4.21. The third-order valence-electron chi connectivity index (χ3n) is 2.85. The van der Waals surface area contributed by atoms with Crippen molar-refractivity contribution in [2.24, 2.45) is 5.41 Å². The molecule has 0 saturated heterocycles. The number of halogens is 1. The second-order valence-electron chi connectivity index (χ2n) is 5.07. The van der Waals surface area contributed by atoms with Crippen LogP contribution in [0.2, 0.25) is 0 Å². The van der Waals surface area contributed by atoms with Crippen LogP contribution in [0, 0.1) is 32.7 Å². The molecule has 0 aliphatic rings. The summed E-state index contributed by atoms with van der Waals surface area (Å²) in [5, 5.41) is 22.2. The van der Waals surface area contributed by atoms with E-state index < -0.39 is 10.7 Å². The quantitative estimate of drug-likeness (QED) is 0.630. The van der Waals surface area contributed by atoms with Gasteiger partial charge in [0.2, 0.25) is 0 Å². The summed E-state index contributed by atoms with van der Waals surface area (Å²) in [6, 6.07) is 5.79. The van der Waals surface area contributed by atoms with Gasteiger partial charge in [-0.25, -0.2) is 4.39 Å². The number of nitro benzene ring substituents is 1. The van der Waals surface area contributed by atoms with Crippen molar-refractivity contribution in [3.05, 3.63) is 34.1 Å². The largest absolute Gasteiger partial charge is 0.377 e. The van der Waals surface area contributed by atoms with Crippen LogP contribution in [0.1, 0.15) is 26.7 Å². The lowest BCUT2D eigenvalue weighted by Gasteiger charge is -2.24. The summed E-state index contributed by atoms with van der Waals surface area (Å²) in [6.07, 6.45) is 1.03. The Labute approximate surface area is 111 Å². The lowest BCUT2D eigenvalue weighted by molar-refractivity contribution is -0.384. The molecule has 0 bridgehead atoms. The predicted molar refractivity (Wildman–Crippen MR) is 70.2 cm³/mol. The van der Waals surface area contributed by atoms with E-state index in [0.29, 0.717) is 19.4 Å². The van der Waals surface area contributed by atoms with Crippen LogP contribution < -0.4 is 5.32 Å². The molecule has 0 spiro atoms. The molecule has 0 heterocycles. The molecule has 0 amide bonds. The van der Waals surface area contributed by atoms with Crippen molar-refractivity contribution in [2.45, 2.75) is 26.7 Å². The highest BCUT2D eigenvalue weighted by Gasteiger charge is 2.22. The molecule has 0 saturated carbocycles. The fourth-order valence-corrected chi connectivity index (χ4v) is 1.65. The van der Waals surface area contributed by atoms with Crippen molar-refractivity contribution in [3.8, 4) is 6.07 Å². The molecule has 0 aliphatic heterocycles. The maximum Gasteiger partial charge on any atom is 0.295 e. The Bertz CT molecular complexity index is 509. The van der Waals surface area contributed by atoms with Crippen LogP contribution in [0.15, 0.2) is 18.2 Å². The summed E-state index contributed by atoms with van der Waals surface area (Å²) >= 11 is 0. The van der Waals surface area contributed by atoms with Gasteiger partial charge in [-0.1, -0.05) is 19.9 Å². The lowest BCUT2D eigenvalue weighted by atomic mass is 9.88. The third-order valence-corrected chi connectivity index (χ3v) is 2.85. The highest BCUT2D eigenvalue weighted by molar-refractivity contribution is 5.62. The smallest absolute Gasteiger partial charge is 0.295 e. The maximum absolute atomic E-state index is 13.6. The molecule has 0 aromatic heterocycles. The highest BCUT2D eigenvalue weighted by Crippen LogP contribution is 2.29. The first-order chi connectivity index (χ1) is 8.87. The lowest BCUT2D eigenvalue weighted by Crippen LogP contribution is -2.23. The van der Waals surface area contributed by atoms with Crippen molar-refractivity contribution in [1.29, 1.82) is 5.26 Å². The number of hydrogen-bond donors (Lipinski definition) is 1. The van der Waals surface area contributed by atoms with Gasteiger partial charge in [0, 0.05) is 19.0 Å². The second kappa shape index (κ2) is 6.14. The highest BCUT2D eigenvalue weighted by atomic mass is 19.1. The van der Waals surface area contributed by atoms with Crippen LogP contribution in [-0.2, 0) is 0 Å². The summed E-state index contributed by atoms with van der Waals surface area (Å²) in [6.45, 7) is 4.20. The molecule has 1 aromatic carbocycles. The minimum absolute atomic E-state index is 0.0995. The van der Waals surface area contributed by atoms with E-state index in [4.69, 9.17) is 5.26 Å². The molecule has 1 N–H and O–H groups in total. The van der Waals surface area contributed by atoms with Crippen molar-refractivity contribution in [3.63, 3.8) is 0 Å². The molecule has 102 valence electrons. The number of nitrogens with zero attached hydrogens (tertiary/aromatic N) is 2. The van der Waals surface area contributed by atoms with Gasteiger partial charge in [-0.05, 0) is 17.9 Å². The van der Waals surface area contributed by atoms with Gasteiger partial charge in [-0.2, -0.15) is 5.26 Å². The first-order valence-corrected chi connectivity index (χ1v) is 5.91. The van der Waals surface area contributed by atoms with E-state index in [0.717, 1.165) is 0 Å². The van der Waals surface area contributed by atoms with E-state index in [-0.39, 0.29) is 16.8 Å². The summed E-state index contributed by atoms with van der Waals surface area (Å²) in [4.78, 5) is 10.2. The van der Waals surface area contributed by atoms with Crippen LogP contribution >= 0.6 is 0 Å². The number of nitriles is 1. The minimum atomic E-state index is -0.648. The fraction of sp³-hybridized carbons (Fsp3) is 0.462. The topological polar surface area (TPSA) is 79.0 Å².